The van der Waals surface area contributed by atoms with Gasteiger partial charge in [0.15, 0.2) is 5.13 Å². The van der Waals surface area contributed by atoms with Crippen LogP contribution in [0.25, 0.3) is 0 Å². The molecule has 142 valence electrons. The van der Waals surface area contributed by atoms with Crippen LogP contribution in [0.2, 0.25) is 0 Å². The standard InChI is InChI=1S/C13H16F5N3O3S/c14-11(15)24-7-8-6-20(2-1-13(16,17)18)3-4-21(8)12-19-5-9(25-12)10(22)23/h5,8,11H,1-4,6-7H2,(H,22,23)/t8-/m0/s1. The zero-order valence-corrected chi connectivity index (χ0v) is 13.7. The Balaban J connectivity index is 2.05. The molecule has 0 radical (unpaired) electrons. The molecule has 12 heteroatoms. The molecule has 1 aliphatic rings. The van der Waals surface area contributed by atoms with E-state index in [1.165, 1.54) is 4.90 Å². The van der Waals surface area contributed by atoms with Gasteiger partial charge >= 0.3 is 18.8 Å². The van der Waals surface area contributed by atoms with Gasteiger partial charge in [0, 0.05) is 26.2 Å². The lowest BCUT2D eigenvalue weighted by atomic mass is 10.2. The fraction of sp³-hybridized carbons (Fsp3) is 0.692. The van der Waals surface area contributed by atoms with Gasteiger partial charge in [-0.25, -0.2) is 9.78 Å². The molecule has 0 spiro atoms. The van der Waals surface area contributed by atoms with Gasteiger partial charge in [-0.3, -0.25) is 4.90 Å². The van der Waals surface area contributed by atoms with Crippen LogP contribution in [0.3, 0.4) is 0 Å². The third-order valence-corrected chi connectivity index (χ3v) is 4.67. The van der Waals surface area contributed by atoms with Crippen molar-refractivity contribution in [3.05, 3.63) is 11.1 Å². The van der Waals surface area contributed by atoms with E-state index in [1.54, 1.807) is 4.90 Å². The summed E-state index contributed by atoms with van der Waals surface area (Å²) in [6.45, 7) is -3.03. The topological polar surface area (TPSA) is 65.9 Å². The van der Waals surface area contributed by atoms with E-state index in [0.717, 1.165) is 17.5 Å². The van der Waals surface area contributed by atoms with Crippen LogP contribution in [0.15, 0.2) is 6.20 Å². The van der Waals surface area contributed by atoms with E-state index in [1.807, 2.05) is 0 Å². The van der Waals surface area contributed by atoms with Gasteiger partial charge in [-0.1, -0.05) is 11.3 Å². The summed E-state index contributed by atoms with van der Waals surface area (Å²) in [4.78, 5) is 18.0. The van der Waals surface area contributed by atoms with E-state index in [4.69, 9.17) is 5.11 Å². The Morgan fingerprint density at radius 3 is 2.72 bits per heavy atom. The number of hydrogen-bond donors (Lipinski definition) is 1. The monoisotopic (exact) mass is 389 g/mol. The van der Waals surface area contributed by atoms with Crippen LogP contribution in [0.4, 0.5) is 27.1 Å². The highest BCUT2D eigenvalue weighted by Crippen LogP contribution is 2.27. The molecular weight excluding hydrogens is 373 g/mol. The number of aromatic carboxylic acids is 1. The average Bonchev–Trinajstić information content (AvgIpc) is 3.00. The Labute approximate surface area is 143 Å². The number of carbonyl (C=O) groups is 1. The van der Waals surface area contributed by atoms with Crippen molar-refractivity contribution in [3.63, 3.8) is 0 Å². The van der Waals surface area contributed by atoms with E-state index in [9.17, 15) is 26.7 Å². The summed E-state index contributed by atoms with van der Waals surface area (Å²) in [5.41, 5.74) is 0. The van der Waals surface area contributed by atoms with E-state index in [0.29, 0.717) is 5.13 Å². The molecule has 0 bridgehead atoms. The molecule has 0 aliphatic carbocycles. The van der Waals surface area contributed by atoms with Crippen molar-refractivity contribution in [2.45, 2.75) is 25.3 Å². The maximum Gasteiger partial charge on any atom is 0.390 e. The lowest BCUT2D eigenvalue weighted by Crippen LogP contribution is -2.55. The molecule has 1 aliphatic heterocycles. The number of thiazole rings is 1. The minimum atomic E-state index is -4.29. The van der Waals surface area contributed by atoms with Crippen molar-refractivity contribution in [3.8, 4) is 0 Å². The molecule has 1 aromatic heterocycles. The number of aromatic nitrogens is 1. The highest BCUT2D eigenvalue weighted by Gasteiger charge is 2.33. The van der Waals surface area contributed by atoms with Crippen LogP contribution >= 0.6 is 11.3 Å². The average molecular weight is 389 g/mol. The van der Waals surface area contributed by atoms with Gasteiger partial charge in [0.1, 0.15) is 4.88 Å². The molecule has 1 fully saturated rings. The van der Waals surface area contributed by atoms with Gasteiger partial charge in [-0.2, -0.15) is 22.0 Å². The highest BCUT2D eigenvalue weighted by molar-refractivity contribution is 7.17. The van der Waals surface area contributed by atoms with Crippen molar-refractivity contribution in [2.75, 3.05) is 37.7 Å². The number of rotatable bonds is 7. The summed E-state index contributed by atoms with van der Waals surface area (Å²) in [6.07, 6.45) is -4.13. The number of hydrogen-bond acceptors (Lipinski definition) is 6. The summed E-state index contributed by atoms with van der Waals surface area (Å²) in [6, 6.07) is -0.649. The van der Waals surface area contributed by atoms with Gasteiger partial charge in [0.25, 0.3) is 0 Å². The second-order valence-electron chi connectivity index (χ2n) is 5.42. The van der Waals surface area contributed by atoms with Crippen molar-refractivity contribution >= 4 is 22.4 Å². The minimum Gasteiger partial charge on any atom is -0.477 e. The van der Waals surface area contributed by atoms with E-state index >= 15 is 0 Å². The number of carboxylic acids is 1. The minimum absolute atomic E-state index is 0.0111. The van der Waals surface area contributed by atoms with E-state index < -0.39 is 37.8 Å². The Kier molecular flexibility index (Phi) is 6.52. The zero-order chi connectivity index (χ0) is 18.6. The summed E-state index contributed by atoms with van der Waals surface area (Å²) in [5.74, 6) is -1.16. The molecule has 6 nitrogen and oxygen atoms in total. The lowest BCUT2D eigenvalue weighted by molar-refractivity contribution is -0.141. The first-order valence-electron chi connectivity index (χ1n) is 7.30. The van der Waals surface area contributed by atoms with Crippen molar-refractivity contribution < 1.29 is 36.6 Å². The van der Waals surface area contributed by atoms with Crippen LogP contribution in [-0.2, 0) is 4.74 Å². The molecular formula is C13H16F5N3O3S. The summed E-state index contributed by atoms with van der Waals surface area (Å²) >= 11 is 0.878. The summed E-state index contributed by atoms with van der Waals surface area (Å²) < 4.78 is 66.1. The third-order valence-electron chi connectivity index (χ3n) is 3.64. The SMILES string of the molecule is O=C(O)c1cnc(N2CCN(CCC(F)(F)F)C[C@H]2COC(F)F)s1. The van der Waals surface area contributed by atoms with Crippen molar-refractivity contribution in [1.82, 2.24) is 9.88 Å². The maximum absolute atomic E-state index is 12.4. The normalized spacial score (nSPS) is 19.6. The number of ether oxygens (including phenoxy) is 1. The zero-order valence-electron chi connectivity index (χ0n) is 12.9. The summed E-state index contributed by atoms with van der Waals surface area (Å²) in [5, 5.41) is 9.26. The van der Waals surface area contributed by atoms with Crippen molar-refractivity contribution in [2.24, 2.45) is 0 Å². The quantitative estimate of drug-likeness (QED) is 0.723. The number of carboxylic acid groups (broad SMARTS) is 1. The third kappa shape index (κ3) is 6.04. The van der Waals surface area contributed by atoms with Crippen LogP contribution in [-0.4, -0.2) is 72.6 Å². The first kappa shape index (κ1) is 19.8. The molecule has 1 N–H and O–H groups in total. The molecule has 0 aromatic carbocycles. The van der Waals surface area contributed by atoms with Gasteiger partial charge in [-0.15, -0.1) is 0 Å². The van der Waals surface area contributed by atoms with Crippen molar-refractivity contribution in [1.29, 1.82) is 0 Å². The Morgan fingerprint density at radius 2 is 2.16 bits per heavy atom. The smallest absolute Gasteiger partial charge is 0.390 e. The van der Waals surface area contributed by atoms with Gasteiger partial charge in [0.05, 0.1) is 25.3 Å². The lowest BCUT2D eigenvalue weighted by Gasteiger charge is -2.41. The predicted octanol–water partition coefficient (Wildman–Crippen LogP) is 2.52. The molecule has 2 rings (SSSR count). The summed E-state index contributed by atoms with van der Waals surface area (Å²) in [7, 11) is 0. The largest absolute Gasteiger partial charge is 0.477 e. The Bertz CT molecular complexity index is 584. The second-order valence-corrected chi connectivity index (χ2v) is 6.43. The molecule has 0 unspecified atom stereocenters. The first-order chi connectivity index (χ1) is 11.7. The predicted molar refractivity (Wildman–Crippen MR) is 79.3 cm³/mol. The van der Waals surface area contributed by atoms with Crippen LogP contribution < -0.4 is 4.90 Å². The van der Waals surface area contributed by atoms with E-state index in [-0.39, 0.29) is 31.1 Å². The maximum atomic E-state index is 12.4. The van der Waals surface area contributed by atoms with Crippen LogP contribution in [0, 0.1) is 0 Å². The molecule has 0 amide bonds. The molecule has 25 heavy (non-hydrogen) atoms. The fourth-order valence-electron chi connectivity index (χ4n) is 2.48. The second kappa shape index (κ2) is 8.23. The van der Waals surface area contributed by atoms with E-state index in [2.05, 4.69) is 9.72 Å². The fourth-order valence-corrected chi connectivity index (χ4v) is 3.33. The Hall–Kier alpha value is -1.53. The highest BCUT2D eigenvalue weighted by atomic mass is 32.1. The number of piperazine rings is 1. The van der Waals surface area contributed by atoms with Gasteiger partial charge < -0.3 is 14.7 Å². The molecule has 1 atom stereocenters. The molecule has 1 aromatic rings. The number of halogens is 5. The van der Waals surface area contributed by atoms with Gasteiger partial charge in [-0.05, 0) is 0 Å². The molecule has 1 saturated heterocycles. The number of alkyl halides is 5. The Morgan fingerprint density at radius 1 is 1.44 bits per heavy atom. The first-order valence-corrected chi connectivity index (χ1v) is 8.12. The molecule has 2 heterocycles. The van der Waals surface area contributed by atoms with Gasteiger partial charge in [0.2, 0.25) is 0 Å². The molecule has 0 saturated carbocycles. The number of nitrogens with zero attached hydrogens (tertiary/aromatic N) is 3. The number of anilines is 1. The van der Waals surface area contributed by atoms with Crippen LogP contribution in [0.1, 0.15) is 16.1 Å². The van der Waals surface area contributed by atoms with Crippen LogP contribution in [0.5, 0.6) is 0 Å².